The van der Waals surface area contributed by atoms with Gasteiger partial charge < -0.3 is 26.2 Å². The van der Waals surface area contributed by atoms with E-state index in [9.17, 15) is 34.8 Å². The number of carbonyl (C=O) groups is 3. The molecule has 1 saturated carbocycles. The highest BCUT2D eigenvalue weighted by Gasteiger charge is 2.65. The van der Waals surface area contributed by atoms with Crippen LogP contribution in [0.5, 0.6) is 5.75 Å². The summed E-state index contributed by atoms with van der Waals surface area (Å²) in [4.78, 5) is 41.0. The number of hydrogen-bond donors (Lipinski definition) is 5. The number of rotatable bonds is 3. The Bertz CT molecular complexity index is 1420. The summed E-state index contributed by atoms with van der Waals surface area (Å²) >= 11 is 0. The molecule has 2 aromatic rings. The fraction of sp³-hybridized carbons (Fsp3) is 0.321. The first-order valence-electron chi connectivity index (χ1n) is 11.9. The number of likely N-dealkylation sites (N-methyl/N-ethyl adjacent to an activating group) is 1. The van der Waals surface area contributed by atoms with Gasteiger partial charge in [0.15, 0.2) is 11.4 Å². The minimum absolute atomic E-state index is 0.0139. The molecule has 5 rings (SSSR count). The molecule has 0 aromatic heterocycles. The van der Waals surface area contributed by atoms with Crippen molar-refractivity contribution in [2.45, 2.75) is 30.9 Å². The number of nitrogens with two attached hydrogens (primary N) is 1. The van der Waals surface area contributed by atoms with E-state index in [0.717, 1.165) is 11.1 Å². The Balaban J connectivity index is 1.81. The number of aliphatic hydroxyl groups excluding tert-OH is 2. The number of aliphatic hydroxyl groups is 3. The van der Waals surface area contributed by atoms with Crippen molar-refractivity contribution in [3.8, 4) is 5.75 Å². The van der Waals surface area contributed by atoms with Crippen LogP contribution in [0.15, 0.2) is 59.4 Å². The second-order valence-electron chi connectivity index (χ2n) is 10.3. The Morgan fingerprint density at radius 3 is 2.30 bits per heavy atom. The number of primary amides is 1. The normalized spacial score (nSPS) is 29.2. The number of fused-ring (bicyclic) bond motifs is 3. The number of phenols is 1. The van der Waals surface area contributed by atoms with E-state index in [-0.39, 0.29) is 23.3 Å². The summed E-state index contributed by atoms with van der Waals surface area (Å²) in [5.74, 6) is -7.30. The lowest BCUT2D eigenvalue weighted by molar-refractivity contribution is -0.154. The van der Waals surface area contributed by atoms with Gasteiger partial charge in [0.25, 0.3) is 5.91 Å². The first kappa shape index (κ1) is 24.7. The van der Waals surface area contributed by atoms with E-state index in [4.69, 9.17) is 5.73 Å². The third-order valence-corrected chi connectivity index (χ3v) is 8.04. The minimum Gasteiger partial charge on any atom is -0.508 e. The van der Waals surface area contributed by atoms with Crippen molar-refractivity contribution >= 4 is 23.2 Å². The van der Waals surface area contributed by atoms with Crippen LogP contribution in [0.4, 0.5) is 0 Å². The summed E-state index contributed by atoms with van der Waals surface area (Å²) in [5.41, 5.74) is 4.17. The molecule has 0 unspecified atom stereocenters. The number of hydrogen-bond acceptors (Lipinski definition) is 8. The third-order valence-electron chi connectivity index (χ3n) is 8.04. The predicted molar refractivity (Wildman–Crippen MR) is 134 cm³/mol. The molecule has 9 nitrogen and oxygen atoms in total. The van der Waals surface area contributed by atoms with E-state index in [2.05, 4.69) is 0 Å². The standard InChI is InChI=1S/C28H28N2O7/c1-12-7-9-13(10-8-12)18-14-5-4-6-17(31)19(14)23(32)20-15(18)11-16-22(30(2)3)24(33)21(27(29)36)26(35)28(16,37)25(20)34/h4-10,15-16,18,22,31-32,35,37H,11H2,1-3H3,(H2,29,36)/t15-,16+,18+,22+,28+/m1/s1. The van der Waals surface area contributed by atoms with Crippen molar-refractivity contribution in [1.82, 2.24) is 4.90 Å². The Kier molecular flexibility index (Phi) is 5.54. The van der Waals surface area contributed by atoms with Crippen molar-refractivity contribution in [1.29, 1.82) is 0 Å². The van der Waals surface area contributed by atoms with Gasteiger partial charge in [0.1, 0.15) is 22.8 Å². The molecule has 1 amide bonds. The average Bonchev–Trinajstić information content (AvgIpc) is 2.82. The lowest BCUT2D eigenvalue weighted by Gasteiger charge is -2.51. The molecule has 5 atom stereocenters. The van der Waals surface area contributed by atoms with Crippen LogP contribution in [-0.4, -0.2) is 68.5 Å². The van der Waals surface area contributed by atoms with E-state index in [1.54, 1.807) is 26.2 Å². The predicted octanol–water partition coefficient (Wildman–Crippen LogP) is 1.86. The second-order valence-corrected chi connectivity index (χ2v) is 10.3. The van der Waals surface area contributed by atoms with E-state index in [0.29, 0.717) is 5.56 Å². The smallest absolute Gasteiger partial charge is 0.255 e. The van der Waals surface area contributed by atoms with Crippen molar-refractivity contribution in [2.24, 2.45) is 17.6 Å². The van der Waals surface area contributed by atoms with Crippen molar-refractivity contribution in [2.75, 3.05) is 14.1 Å². The van der Waals surface area contributed by atoms with Crippen LogP contribution in [0.3, 0.4) is 0 Å². The molecule has 0 spiro atoms. The van der Waals surface area contributed by atoms with E-state index in [1.807, 2.05) is 31.2 Å². The van der Waals surface area contributed by atoms with Crippen LogP contribution in [-0.2, 0) is 14.4 Å². The van der Waals surface area contributed by atoms with E-state index in [1.165, 1.54) is 11.0 Å². The van der Waals surface area contributed by atoms with E-state index < -0.39 is 64.0 Å². The first-order chi connectivity index (χ1) is 17.4. The highest BCUT2D eigenvalue weighted by atomic mass is 16.3. The highest BCUT2D eigenvalue weighted by Crippen LogP contribution is 2.57. The van der Waals surface area contributed by atoms with Gasteiger partial charge in [-0.2, -0.15) is 0 Å². The van der Waals surface area contributed by atoms with Gasteiger partial charge in [-0.3, -0.25) is 19.3 Å². The number of Topliss-reactive ketones (excluding diaryl/α,β-unsaturated/α-hetero) is 2. The molecule has 0 radical (unpaired) electrons. The maximum Gasteiger partial charge on any atom is 0.255 e. The van der Waals surface area contributed by atoms with Gasteiger partial charge >= 0.3 is 0 Å². The van der Waals surface area contributed by atoms with Crippen LogP contribution < -0.4 is 5.73 Å². The molecule has 37 heavy (non-hydrogen) atoms. The Labute approximate surface area is 213 Å². The van der Waals surface area contributed by atoms with Crippen molar-refractivity contribution in [3.05, 3.63) is 81.6 Å². The number of phenolic OH excluding ortho intramolecular Hbond substituents is 1. The number of carbonyl (C=O) groups excluding carboxylic acids is 3. The lowest BCUT2D eigenvalue weighted by atomic mass is 9.54. The van der Waals surface area contributed by atoms with Gasteiger partial charge in [-0.15, -0.1) is 0 Å². The molecular formula is C28H28N2O7. The number of ketones is 2. The number of nitrogens with zero attached hydrogens (tertiary/aromatic N) is 1. The Morgan fingerprint density at radius 1 is 1.05 bits per heavy atom. The van der Waals surface area contributed by atoms with Gasteiger partial charge in [0.05, 0.1) is 11.6 Å². The van der Waals surface area contributed by atoms with Crippen molar-refractivity contribution < 1.29 is 34.8 Å². The average molecular weight is 505 g/mol. The number of amides is 1. The monoisotopic (exact) mass is 504 g/mol. The fourth-order valence-electron chi connectivity index (χ4n) is 6.41. The number of aromatic hydroxyl groups is 1. The molecule has 3 aliphatic rings. The number of benzene rings is 2. The van der Waals surface area contributed by atoms with Gasteiger partial charge in [-0.05, 0) is 44.6 Å². The second kappa shape index (κ2) is 8.29. The Hall–Kier alpha value is -3.95. The van der Waals surface area contributed by atoms with Crippen LogP contribution in [0.25, 0.3) is 5.76 Å². The van der Waals surface area contributed by atoms with E-state index >= 15 is 0 Å². The Morgan fingerprint density at radius 2 is 1.70 bits per heavy atom. The zero-order valence-electron chi connectivity index (χ0n) is 20.6. The molecule has 2 aromatic carbocycles. The summed E-state index contributed by atoms with van der Waals surface area (Å²) < 4.78 is 0. The maximum atomic E-state index is 14.1. The molecule has 192 valence electrons. The number of aryl methyl sites for hydroxylation is 1. The van der Waals surface area contributed by atoms with Gasteiger partial charge in [-0.1, -0.05) is 42.0 Å². The van der Waals surface area contributed by atoms with Crippen molar-refractivity contribution in [3.63, 3.8) is 0 Å². The zero-order valence-corrected chi connectivity index (χ0v) is 20.6. The van der Waals surface area contributed by atoms with Crippen LogP contribution in [0.2, 0.25) is 0 Å². The molecule has 1 fully saturated rings. The summed E-state index contributed by atoms with van der Waals surface area (Å²) in [7, 11) is 3.14. The quantitative estimate of drug-likeness (QED) is 0.396. The summed E-state index contributed by atoms with van der Waals surface area (Å²) in [6.45, 7) is 1.94. The van der Waals surface area contributed by atoms with Crippen LogP contribution in [0.1, 0.15) is 34.6 Å². The zero-order chi connectivity index (χ0) is 27.0. The van der Waals surface area contributed by atoms with Gasteiger partial charge in [-0.25, -0.2) is 0 Å². The third kappa shape index (κ3) is 3.27. The topological polar surface area (TPSA) is 161 Å². The molecule has 3 aliphatic carbocycles. The lowest BCUT2D eigenvalue weighted by Crippen LogP contribution is -2.66. The first-order valence-corrected chi connectivity index (χ1v) is 11.9. The summed E-state index contributed by atoms with van der Waals surface area (Å²) in [5, 5.41) is 44.8. The molecule has 0 bridgehead atoms. The van der Waals surface area contributed by atoms with Crippen LogP contribution in [0, 0.1) is 18.8 Å². The SMILES string of the molecule is Cc1ccc([C@H]2c3cccc(O)c3C(O)=C3C(=O)[C@]4(O)C(O)=C(C(N)=O)C(=O)[C@@H](N(C)C)[C@@H]4C[C@@H]32)cc1. The molecule has 6 N–H and O–H groups in total. The molecular weight excluding hydrogens is 476 g/mol. The van der Waals surface area contributed by atoms with Gasteiger partial charge in [0, 0.05) is 23.3 Å². The fourth-order valence-corrected chi connectivity index (χ4v) is 6.41. The molecule has 0 heterocycles. The maximum absolute atomic E-state index is 14.1. The highest BCUT2D eigenvalue weighted by molar-refractivity contribution is 6.24. The largest absolute Gasteiger partial charge is 0.508 e. The summed E-state index contributed by atoms with van der Waals surface area (Å²) in [6.07, 6.45) is 0.0139. The minimum atomic E-state index is -2.67. The molecule has 0 saturated heterocycles. The molecule has 9 heteroatoms. The summed E-state index contributed by atoms with van der Waals surface area (Å²) in [6, 6.07) is 11.3. The van der Waals surface area contributed by atoms with Gasteiger partial charge in [0.2, 0.25) is 5.78 Å². The van der Waals surface area contributed by atoms with Crippen LogP contribution >= 0.6 is 0 Å². The molecule has 0 aliphatic heterocycles.